The van der Waals surface area contributed by atoms with Crippen LogP contribution < -0.4 is 5.32 Å². The van der Waals surface area contributed by atoms with Gasteiger partial charge in [0, 0.05) is 12.7 Å². The van der Waals surface area contributed by atoms with Crippen molar-refractivity contribution in [2.45, 2.75) is 6.42 Å². The van der Waals surface area contributed by atoms with E-state index >= 15 is 0 Å². The number of hydrogen-bond donors (Lipinski definition) is 2. The molecule has 2 aromatic rings. The van der Waals surface area contributed by atoms with E-state index < -0.39 is 0 Å². The number of rotatable bonds is 5. The van der Waals surface area contributed by atoms with E-state index in [1.807, 2.05) is 0 Å². The van der Waals surface area contributed by atoms with E-state index in [0.29, 0.717) is 5.69 Å². The standard InChI is InChI=1S/C13H14FN3O2/c14-10-1-3-12(4-2-10)17-7-5-11(16-17)9-13(19)15-6-8-18/h1-5,7,18H,6,8-9H2,(H,15,19). The third-order valence-corrected chi connectivity index (χ3v) is 2.51. The summed E-state index contributed by atoms with van der Waals surface area (Å²) in [4.78, 5) is 11.4. The average Bonchev–Trinajstić information content (AvgIpc) is 2.85. The van der Waals surface area contributed by atoms with E-state index in [2.05, 4.69) is 10.4 Å². The molecule has 0 bridgehead atoms. The minimum Gasteiger partial charge on any atom is -0.395 e. The summed E-state index contributed by atoms with van der Waals surface area (Å²) < 4.78 is 14.4. The van der Waals surface area contributed by atoms with Gasteiger partial charge in [0.25, 0.3) is 0 Å². The van der Waals surface area contributed by atoms with E-state index in [0.717, 1.165) is 5.69 Å². The van der Waals surface area contributed by atoms with Gasteiger partial charge in [-0.05, 0) is 30.3 Å². The first-order chi connectivity index (χ1) is 9.19. The van der Waals surface area contributed by atoms with Gasteiger partial charge >= 0.3 is 0 Å². The molecule has 0 aliphatic carbocycles. The molecule has 0 aliphatic heterocycles. The molecule has 6 heteroatoms. The lowest BCUT2D eigenvalue weighted by Gasteiger charge is -2.02. The van der Waals surface area contributed by atoms with Gasteiger partial charge in [0.2, 0.25) is 5.91 Å². The Morgan fingerprint density at radius 3 is 2.74 bits per heavy atom. The average molecular weight is 263 g/mol. The molecule has 100 valence electrons. The number of nitrogens with zero attached hydrogens (tertiary/aromatic N) is 2. The van der Waals surface area contributed by atoms with Gasteiger partial charge in [-0.15, -0.1) is 0 Å². The first kappa shape index (κ1) is 13.2. The fourth-order valence-corrected chi connectivity index (χ4v) is 1.62. The number of halogens is 1. The first-order valence-electron chi connectivity index (χ1n) is 5.87. The monoisotopic (exact) mass is 263 g/mol. The molecule has 0 saturated carbocycles. The number of aromatic nitrogens is 2. The number of carbonyl (C=O) groups is 1. The number of aliphatic hydroxyl groups excluding tert-OH is 1. The van der Waals surface area contributed by atoms with Crippen molar-refractivity contribution >= 4 is 5.91 Å². The summed E-state index contributed by atoms with van der Waals surface area (Å²) in [6, 6.07) is 7.65. The van der Waals surface area contributed by atoms with Crippen LogP contribution in [0.5, 0.6) is 0 Å². The van der Waals surface area contributed by atoms with Gasteiger partial charge < -0.3 is 10.4 Å². The van der Waals surface area contributed by atoms with Crippen LogP contribution in [0.2, 0.25) is 0 Å². The van der Waals surface area contributed by atoms with Crippen LogP contribution in [0.3, 0.4) is 0 Å². The van der Waals surface area contributed by atoms with E-state index in [1.165, 1.54) is 12.1 Å². The van der Waals surface area contributed by atoms with Crippen molar-refractivity contribution in [1.82, 2.24) is 15.1 Å². The molecule has 1 amide bonds. The molecule has 0 saturated heterocycles. The molecule has 0 unspecified atom stereocenters. The Labute approximate surface area is 109 Å². The Kier molecular flexibility index (Phi) is 4.25. The van der Waals surface area contributed by atoms with Crippen molar-refractivity contribution in [3.05, 3.63) is 48.0 Å². The highest BCUT2D eigenvalue weighted by atomic mass is 19.1. The predicted molar refractivity (Wildman–Crippen MR) is 67.3 cm³/mol. The summed E-state index contributed by atoms with van der Waals surface area (Å²) in [6.45, 7) is 0.146. The van der Waals surface area contributed by atoms with Crippen molar-refractivity contribution in [2.75, 3.05) is 13.2 Å². The number of amides is 1. The molecule has 0 atom stereocenters. The van der Waals surface area contributed by atoms with E-state index in [4.69, 9.17) is 5.11 Å². The van der Waals surface area contributed by atoms with E-state index in [9.17, 15) is 9.18 Å². The van der Waals surface area contributed by atoms with E-state index in [1.54, 1.807) is 29.1 Å². The molecule has 2 rings (SSSR count). The fraction of sp³-hybridized carbons (Fsp3) is 0.231. The molecular formula is C13H14FN3O2. The van der Waals surface area contributed by atoms with Crippen LogP contribution in [0.25, 0.3) is 5.69 Å². The van der Waals surface area contributed by atoms with Crippen LogP contribution in [0.15, 0.2) is 36.5 Å². The maximum atomic E-state index is 12.8. The summed E-state index contributed by atoms with van der Waals surface area (Å²) in [5.41, 5.74) is 1.34. The highest BCUT2D eigenvalue weighted by molar-refractivity contribution is 5.78. The van der Waals surface area contributed by atoms with Crippen molar-refractivity contribution < 1.29 is 14.3 Å². The van der Waals surface area contributed by atoms with Gasteiger partial charge in [-0.3, -0.25) is 4.79 Å². The second kappa shape index (κ2) is 6.10. The smallest absolute Gasteiger partial charge is 0.226 e. The van der Waals surface area contributed by atoms with Gasteiger partial charge in [0.15, 0.2) is 0 Å². The SMILES string of the molecule is O=C(Cc1ccn(-c2ccc(F)cc2)n1)NCCO. The molecule has 0 fully saturated rings. The lowest BCUT2D eigenvalue weighted by molar-refractivity contribution is -0.120. The van der Waals surface area contributed by atoms with Crippen LogP contribution in [-0.2, 0) is 11.2 Å². The third kappa shape index (κ3) is 3.62. The number of aliphatic hydroxyl groups is 1. The zero-order chi connectivity index (χ0) is 13.7. The molecular weight excluding hydrogens is 249 g/mol. The molecule has 1 aromatic heterocycles. The molecule has 19 heavy (non-hydrogen) atoms. The zero-order valence-electron chi connectivity index (χ0n) is 10.2. The Bertz CT molecular complexity index is 551. The third-order valence-electron chi connectivity index (χ3n) is 2.51. The Morgan fingerprint density at radius 2 is 2.05 bits per heavy atom. The number of nitrogens with one attached hydrogen (secondary N) is 1. The van der Waals surface area contributed by atoms with Gasteiger partial charge in [0.1, 0.15) is 5.82 Å². The molecule has 0 spiro atoms. The van der Waals surface area contributed by atoms with Crippen molar-refractivity contribution in [1.29, 1.82) is 0 Å². The van der Waals surface area contributed by atoms with Gasteiger partial charge in [-0.25, -0.2) is 9.07 Å². The van der Waals surface area contributed by atoms with Crippen molar-refractivity contribution in [3.63, 3.8) is 0 Å². The van der Waals surface area contributed by atoms with Gasteiger partial charge in [0.05, 0.1) is 24.4 Å². The van der Waals surface area contributed by atoms with Crippen LogP contribution in [0.1, 0.15) is 5.69 Å². The Hall–Kier alpha value is -2.21. The topological polar surface area (TPSA) is 67.2 Å². The lowest BCUT2D eigenvalue weighted by atomic mass is 10.3. The van der Waals surface area contributed by atoms with Crippen LogP contribution in [-0.4, -0.2) is 33.9 Å². The molecule has 1 heterocycles. The molecule has 0 aliphatic rings. The zero-order valence-corrected chi connectivity index (χ0v) is 10.2. The minimum absolute atomic E-state index is 0.0875. The molecule has 2 N–H and O–H groups in total. The summed E-state index contributed by atoms with van der Waals surface area (Å²) >= 11 is 0. The normalized spacial score (nSPS) is 10.4. The lowest BCUT2D eigenvalue weighted by Crippen LogP contribution is -2.28. The molecule has 0 radical (unpaired) electrons. The largest absolute Gasteiger partial charge is 0.395 e. The van der Waals surface area contributed by atoms with Gasteiger partial charge in [-0.2, -0.15) is 5.10 Å². The quantitative estimate of drug-likeness (QED) is 0.833. The van der Waals surface area contributed by atoms with Crippen LogP contribution in [0.4, 0.5) is 4.39 Å². The van der Waals surface area contributed by atoms with Crippen LogP contribution in [0, 0.1) is 5.82 Å². The summed E-state index contributed by atoms with van der Waals surface area (Å²) in [5.74, 6) is -0.502. The predicted octanol–water partition coefficient (Wildman–Crippen LogP) is 0.662. The number of hydrogen-bond acceptors (Lipinski definition) is 3. The van der Waals surface area contributed by atoms with Gasteiger partial charge in [-0.1, -0.05) is 0 Å². The van der Waals surface area contributed by atoms with Crippen LogP contribution >= 0.6 is 0 Å². The maximum absolute atomic E-state index is 12.8. The number of benzene rings is 1. The van der Waals surface area contributed by atoms with E-state index in [-0.39, 0.29) is 31.3 Å². The fourth-order valence-electron chi connectivity index (χ4n) is 1.62. The van der Waals surface area contributed by atoms with Crippen molar-refractivity contribution in [2.24, 2.45) is 0 Å². The highest BCUT2D eigenvalue weighted by Crippen LogP contribution is 2.09. The summed E-state index contributed by atoms with van der Waals surface area (Å²) in [6.07, 6.45) is 1.86. The second-order valence-corrected chi connectivity index (χ2v) is 3.98. The number of carbonyl (C=O) groups excluding carboxylic acids is 1. The molecule has 5 nitrogen and oxygen atoms in total. The van der Waals surface area contributed by atoms with Crippen molar-refractivity contribution in [3.8, 4) is 5.69 Å². The second-order valence-electron chi connectivity index (χ2n) is 3.98. The highest BCUT2D eigenvalue weighted by Gasteiger charge is 2.06. The Morgan fingerprint density at radius 1 is 1.32 bits per heavy atom. The summed E-state index contributed by atoms with van der Waals surface area (Å²) in [5, 5.41) is 15.4. The molecule has 1 aromatic carbocycles. The summed E-state index contributed by atoms with van der Waals surface area (Å²) in [7, 11) is 0. The first-order valence-corrected chi connectivity index (χ1v) is 5.87. The maximum Gasteiger partial charge on any atom is 0.226 e. The minimum atomic E-state index is -0.306. The Balaban J connectivity index is 2.02.